The predicted octanol–water partition coefficient (Wildman–Crippen LogP) is 3.74. The van der Waals surface area contributed by atoms with Crippen molar-refractivity contribution in [2.24, 2.45) is 0 Å². The molecule has 1 aromatic heterocycles. The van der Waals surface area contributed by atoms with Crippen LogP contribution >= 0.6 is 12.2 Å². The smallest absolute Gasteiger partial charge is 0.345 e. The van der Waals surface area contributed by atoms with Crippen molar-refractivity contribution >= 4 is 28.8 Å². The SMILES string of the molecule is Cc1ccc(NC(=S)N2CCCN(c3ccc(C(F)(F)F)c[nH+]3)CC2)cc1. The lowest BCUT2D eigenvalue weighted by Gasteiger charge is -2.23. The lowest BCUT2D eigenvalue weighted by atomic mass is 10.2. The first-order valence-corrected chi connectivity index (χ1v) is 9.20. The Morgan fingerprint density at radius 2 is 1.78 bits per heavy atom. The molecule has 0 bridgehead atoms. The summed E-state index contributed by atoms with van der Waals surface area (Å²) in [5.74, 6) is 0.683. The van der Waals surface area contributed by atoms with Crippen molar-refractivity contribution in [2.75, 3.05) is 36.4 Å². The third-order valence-corrected chi connectivity index (χ3v) is 4.91. The number of H-pyrrole nitrogens is 1. The van der Waals surface area contributed by atoms with Crippen molar-refractivity contribution in [1.82, 2.24) is 4.90 Å². The number of rotatable bonds is 2. The van der Waals surface area contributed by atoms with Gasteiger partial charge in [-0.1, -0.05) is 17.7 Å². The van der Waals surface area contributed by atoms with Crippen LogP contribution in [0, 0.1) is 6.92 Å². The number of anilines is 2. The molecular weight excluding hydrogens is 373 g/mol. The molecule has 0 spiro atoms. The van der Waals surface area contributed by atoms with Gasteiger partial charge in [0.1, 0.15) is 12.7 Å². The first kappa shape index (κ1) is 19.4. The van der Waals surface area contributed by atoms with E-state index in [-0.39, 0.29) is 0 Å². The average Bonchev–Trinajstić information content (AvgIpc) is 2.89. The molecule has 0 atom stereocenters. The summed E-state index contributed by atoms with van der Waals surface area (Å²) in [6.07, 6.45) is -2.45. The molecule has 1 aromatic carbocycles. The van der Waals surface area contributed by atoms with Gasteiger partial charge < -0.3 is 10.2 Å². The fraction of sp³-hybridized carbons (Fsp3) is 0.368. The van der Waals surface area contributed by atoms with Gasteiger partial charge in [-0.15, -0.1) is 0 Å². The van der Waals surface area contributed by atoms with Crippen LogP contribution in [0.25, 0.3) is 0 Å². The van der Waals surface area contributed by atoms with Crippen LogP contribution in [-0.2, 0) is 6.18 Å². The van der Waals surface area contributed by atoms with Gasteiger partial charge in [0.05, 0.1) is 18.7 Å². The molecule has 2 N–H and O–H groups in total. The van der Waals surface area contributed by atoms with Gasteiger partial charge >= 0.3 is 6.18 Å². The lowest BCUT2D eigenvalue weighted by Crippen LogP contribution is -2.38. The van der Waals surface area contributed by atoms with Crippen LogP contribution in [0.15, 0.2) is 42.6 Å². The van der Waals surface area contributed by atoms with Gasteiger partial charge in [0.15, 0.2) is 5.11 Å². The number of benzene rings is 1. The second-order valence-electron chi connectivity index (χ2n) is 6.58. The van der Waals surface area contributed by atoms with Crippen molar-refractivity contribution in [3.8, 4) is 0 Å². The molecule has 27 heavy (non-hydrogen) atoms. The Morgan fingerprint density at radius 3 is 2.41 bits per heavy atom. The molecule has 4 nitrogen and oxygen atoms in total. The largest absolute Gasteiger partial charge is 0.419 e. The Labute approximate surface area is 162 Å². The van der Waals surface area contributed by atoms with Gasteiger partial charge in [-0.3, -0.25) is 4.90 Å². The van der Waals surface area contributed by atoms with Crippen LogP contribution in [0.3, 0.4) is 0 Å². The summed E-state index contributed by atoms with van der Waals surface area (Å²) in [4.78, 5) is 6.92. The maximum absolute atomic E-state index is 12.7. The average molecular weight is 395 g/mol. The van der Waals surface area contributed by atoms with E-state index in [1.165, 1.54) is 11.6 Å². The zero-order chi connectivity index (χ0) is 19.4. The highest BCUT2D eigenvalue weighted by molar-refractivity contribution is 7.80. The maximum Gasteiger partial charge on any atom is 0.419 e. The van der Waals surface area contributed by atoms with Crippen molar-refractivity contribution in [1.29, 1.82) is 0 Å². The molecule has 144 valence electrons. The molecule has 0 unspecified atom stereocenters. The van der Waals surface area contributed by atoms with E-state index in [9.17, 15) is 13.2 Å². The van der Waals surface area contributed by atoms with E-state index < -0.39 is 11.7 Å². The number of halogens is 3. The quantitative estimate of drug-likeness (QED) is 0.786. The molecule has 1 aliphatic heterocycles. The third-order valence-electron chi connectivity index (χ3n) is 4.55. The second kappa shape index (κ2) is 8.12. The standard InChI is InChI=1S/C19H21F3N4S/c1-14-3-6-16(7-4-14)24-18(27)26-10-2-9-25(11-12-26)17-8-5-15(13-23-17)19(20,21)22/h3-8,13H,2,9-12H2,1H3,(H,24,27)/p+1. The van der Waals surface area contributed by atoms with Gasteiger partial charge in [0, 0.05) is 24.7 Å². The zero-order valence-electron chi connectivity index (χ0n) is 15.0. The van der Waals surface area contributed by atoms with Crippen molar-refractivity contribution in [3.63, 3.8) is 0 Å². The van der Waals surface area contributed by atoms with E-state index in [2.05, 4.69) is 20.1 Å². The van der Waals surface area contributed by atoms with Crippen LogP contribution in [0.2, 0.25) is 0 Å². The molecule has 1 fully saturated rings. The monoisotopic (exact) mass is 395 g/mol. The van der Waals surface area contributed by atoms with Crippen molar-refractivity contribution in [3.05, 3.63) is 53.7 Å². The number of nitrogens with zero attached hydrogens (tertiary/aromatic N) is 2. The molecule has 2 heterocycles. The molecule has 2 aromatic rings. The molecule has 0 amide bonds. The number of nitrogens with one attached hydrogen (secondary N) is 2. The summed E-state index contributed by atoms with van der Waals surface area (Å²) in [7, 11) is 0. The van der Waals surface area contributed by atoms with Gasteiger partial charge in [-0.05, 0) is 37.3 Å². The first-order valence-electron chi connectivity index (χ1n) is 8.79. The first-order chi connectivity index (χ1) is 12.8. The fourth-order valence-electron chi connectivity index (χ4n) is 2.99. The van der Waals surface area contributed by atoms with E-state index in [1.54, 1.807) is 0 Å². The number of hydrogen-bond acceptors (Lipinski definition) is 2. The predicted molar refractivity (Wildman–Crippen MR) is 104 cm³/mol. The van der Waals surface area contributed by atoms with Crippen molar-refractivity contribution in [2.45, 2.75) is 19.5 Å². The highest BCUT2D eigenvalue weighted by atomic mass is 32.1. The molecule has 1 aliphatic rings. The van der Waals surface area contributed by atoms with Crippen LogP contribution in [0.5, 0.6) is 0 Å². The molecule has 0 radical (unpaired) electrons. The third kappa shape index (κ3) is 5.09. The summed E-state index contributed by atoms with van der Waals surface area (Å²) in [5.41, 5.74) is 1.46. The van der Waals surface area contributed by atoms with Gasteiger partial charge in [-0.25, -0.2) is 4.98 Å². The summed E-state index contributed by atoms with van der Waals surface area (Å²) in [5, 5.41) is 3.92. The minimum Gasteiger partial charge on any atom is -0.345 e. The maximum atomic E-state index is 12.7. The summed E-state index contributed by atoms with van der Waals surface area (Å²) < 4.78 is 38.1. The molecular formula is C19H22F3N4S+. The van der Waals surface area contributed by atoms with Crippen LogP contribution in [0.1, 0.15) is 17.5 Å². The molecule has 3 rings (SSSR count). The highest BCUT2D eigenvalue weighted by Crippen LogP contribution is 2.28. The number of pyridine rings is 1. The zero-order valence-corrected chi connectivity index (χ0v) is 15.8. The normalized spacial score (nSPS) is 15.4. The fourth-order valence-corrected chi connectivity index (χ4v) is 3.29. The van der Waals surface area contributed by atoms with Crippen LogP contribution < -0.4 is 15.2 Å². The van der Waals surface area contributed by atoms with E-state index in [4.69, 9.17) is 12.2 Å². The van der Waals surface area contributed by atoms with Crippen LogP contribution in [-0.4, -0.2) is 36.2 Å². The summed E-state index contributed by atoms with van der Waals surface area (Å²) >= 11 is 5.53. The van der Waals surface area contributed by atoms with Gasteiger partial charge in [-0.2, -0.15) is 13.2 Å². The summed E-state index contributed by atoms with van der Waals surface area (Å²) in [6.45, 7) is 4.97. The lowest BCUT2D eigenvalue weighted by molar-refractivity contribution is -0.367. The molecule has 0 saturated carbocycles. The number of aromatic amines is 1. The molecule has 0 aliphatic carbocycles. The molecule has 8 heteroatoms. The Bertz CT molecular complexity index is 775. The Hall–Kier alpha value is -2.35. The minimum atomic E-state index is -4.33. The number of aryl methyl sites for hydroxylation is 1. The number of alkyl halides is 3. The Kier molecular flexibility index (Phi) is 5.84. The molecule has 1 saturated heterocycles. The number of thiocarbonyl (C=S) groups is 1. The topological polar surface area (TPSA) is 32.6 Å². The number of hydrogen-bond donors (Lipinski definition) is 1. The minimum absolute atomic E-state index is 0.664. The van der Waals surface area contributed by atoms with E-state index in [0.717, 1.165) is 37.5 Å². The van der Waals surface area contributed by atoms with E-state index in [1.807, 2.05) is 31.2 Å². The second-order valence-corrected chi connectivity index (χ2v) is 6.97. The van der Waals surface area contributed by atoms with Gasteiger partial charge in [0.25, 0.3) is 5.82 Å². The number of aromatic nitrogens is 1. The van der Waals surface area contributed by atoms with E-state index >= 15 is 0 Å². The van der Waals surface area contributed by atoms with Crippen molar-refractivity contribution < 1.29 is 18.2 Å². The summed E-state index contributed by atoms with van der Waals surface area (Å²) in [6, 6.07) is 10.6. The highest BCUT2D eigenvalue weighted by Gasteiger charge is 2.32. The van der Waals surface area contributed by atoms with E-state index in [0.29, 0.717) is 24.0 Å². The Morgan fingerprint density at radius 1 is 1.04 bits per heavy atom. The van der Waals surface area contributed by atoms with Gasteiger partial charge in [0.2, 0.25) is 0 Å². The Balaban J connectivity index is 1.59. The van der Waals surface area contributed by atoms with Crippen LogP contribution in [0.4, 0.5) is 24.7 Å².